The molecule has 2 amide bonds. The Morgan fingerprint density at radius 1 is 1.31 bits per heavy atom. The summed E-state index contributed by atoms with van der Waals surface area (Å²) in [5, 5.41) is 14.3. The summed E-state index contributed by atoms with van der Waals surface area (Å²) in [4.78, 5) is 23.9. The number of alkyl halides is 1. The quantitative estimate of drug-likeness (QED) is 0.202. The van der Waals surface area contributed by atoms with Crippen molar-refractivity contribution in [3.05, 3.63) is 47.5 Å². The van der Waals surface area contributed by atoms with Crippen LogP contribution in [-0.4, -0.2) is 71.6 Å². The van der Waals surface area contributed by atoms with Gasteiger partial charge in [-0.15, -0.1) is 11.6 Å². The molecule has 0 bridgehead atoms. The number of rotatable bonds is 10. The summed E-state index contributed by atoms with van der Waals surface area (Å²) < 4.78 is 17.8. The lowest BCUT2D eigenvalue weighted by molar-refractivity contribution is -0.170. The minimum absolute atomic E-state index is 0.0697. The smallest absolute Gasteiger partial charge is 0.414 e. The van der Waals surface area contributed by atoms with Crippen molar-refractivity contribution in [3.63, 3.8) is 0 Å². The first kappa shape index (κ1) is 29.0. The molecular weight excluding hydrogens is 502 g/mol. The Bertz CT molecular complexity index is 941. The topological polar surface area (TPSA) is 97.4 Å². The number of hydrogen-bond donors (Lipinski definition) is 2. The molecule has 1 aromatic carbocycles. The highest BCUT2D eigenvalue weighted by Crippen LogP contribution is 2.55. The van der Waals surface area contributed by atoms with E-state index in [1.165, 1.54) is 11.1 Å². The van der Waals surface area contributed by atoms with E-state index in [-0.39, 0.29) is 22.9 Å². The molecule has 0 aromatic heterocycles. The molecule has 9 heteroatoms. The molecule has 2 N–H and O–H groups in total. The van der Waals surface area contributed by atoms with Crippen molar-refractivity contribution in [3.8, 4) is 0 Å². The minimum atomic E-state index is -1.07. The van der Waals surface area contributed by atoms with Crippen molar-refractivity contribution >= 4 is 34.5 Å². The number of aliphatic hydroxyl groups is 1. The average molecular weight is 541 g/mol. The maximum atomic E-state index is 12.3. The SMILES string of the molecule is CO[C@@H]1[C@H](OC(=O)NC(=O)CCl)CC[C@](O)(C[S+](C)Cc2ccccc2)[C@H]1[C@@]1(C)O[C@@H]1CC=C(C)C. The lowest BCUT2D eigenvalue weighted by atomic mass is 9.66. The normalized spacial score (nSPS) is 32.3. The number of epoxide rings is 1. The van der Waals surface area contributed by atoms with Gasteiger partial charge in [0.1, 0.15) is 40.8 Å². The maximum Gasteiger partial charge on any atom is 0.414 e. The van der Waals surface area contributed by atoms with Gasteiger partial charge in [0.2, 0.25) is 5.91 Å². The Labute approximate surface area is 222 Å². The number of alkyl carbamates (subject to hydrolysis) is 1. The highest BCUT2D eigenvalue weighted by Gasteiger charge is 2.68. The monoisotopic (exact) mass is 540 g/mol. The van der Waals surface area contributed by atoms with E-state index in [1.807, 2.05) is 39.0 Å². The van der Waals surface area contributed by atoms with E-state index >= 15 is 0 Å². The average Bonchev–Trinajstić information content (AvgIpc) is 3.49. The van der Waals surface area contributed by atoms with Crippen LogP contribution in [-0.2, 0) is 35.7 Å². The maximum absolute atomic E-state index is 12.3. The van der Waals surface area contributed by atoms with Gasteiger partial charge in [-0.1, -0.05) is 42.0 Å². The van der Waals surface area contributed by atoms with Gasteiger partial charge in [0.05, 0.1) is 18.3 Å². The number of methoxy groups -OCH3 is 1. The number of carbonyl (C=O) groups excluding carboxylic acids is 2. The summed E-state index contributed by atoms with van der Waals surface area (Å²) in [6, 6.07) is 10.3. The highest BCUT2D eigenvalue weighted by molar-refractivity contribution is 7.95. The molecule has 1 aliphatic heterocycles. The number of benzene rings is 1. The second-order valence-corrected chi connectivity index (χ2v) is 12.7. The summed E-state index contributed by atoms with van der Waals surface area (Å²) in [7, 11) is 1.46. The van der Waals surface area contributed by atoms with Gasteiger partial charge < -0.3 is 19.3 Å². The molecule has 2 aliphatic rings. The molecule has 0 radical (unpaired) electrons. The van der Waals surface area contributed by atoms with Crippen molar-refractivity contribution in [1.82, 2.24) is 5.32 Å². The largest absolute Gasteiger partial charge is 0.443 e. The molecule has 7 nitrogen and oxygen atoms in total. The lowest BCUT2D eigenvalue weighted by Gasteiger charge is -2.48. The van der Waals surface area contributed by atoms with Crippen molar-refractivity contribution in [2.75, 3.05) is 25.0 Å². The fraction of sp³-hybridized carbons (Fsp3) is 0.630. The molecule has 7 atom stereocenters. The van der Waals surface area contributed by atoms with Crippen LogP contribution >= 0.6 is 11.6 Å². The Balaban J connectivity index is 1.84. The fourth-order valence-corrected chi connectivity index (χ4v) is 7.60. The second-order valence-electron chi connectivity index (χ2n) is 10.3. The van der Waals surface area contributed by atoms with Crippen LogP contribution in [0.4, 0.5) is 4.79 Å². The summed E-state index contributed by atoms with van der Waals surface area (Å²) in [5.74, 6) is 0.0643. The van der Waals surface area contributed by atoms with Crippen LogP contribution in [0.25, 0.3) is 0 Å². The van der Waals surface area contributed by atoms with Crippen molar-refractivity contribution in [2.24, 2.45) is 5.92 Å². The number of nitrogens with one attached hydrogen (secondary N) is 1. The Hall–Kier alpha value is -1.58. The van der Waals surface area contributed by atoms with E-state index in [1.54, 1.807) is 7.11 Å². The molecule has 200 valence electrons. The summed E-state index contributed by atoms with van der Waals surface area (Å²) in [6.07, 6.45) is 3.72. The Morgan fingerprint density at radius 2 is 2.00 bits per heavy atom. The van der Waals surface area contributed by atoms with Crippen LogP contribution in [0.15, 0.2) is 42.0 Å². The van der Waals surface area contributed by atoms with Crippen LogP contribution in [0.3, 0.4) is 0 Å². The van der Waals surface area contributed by atoms with E-state index in [0.29, 0.717) is 18.6 Å². The van der Waals surface area contributed by atoms with Crippen LogP contribution in [0.5, 0.6) is 0 Å². The zero-order valence-corrected chi connectivity index (χ0v) is 23.4. The van der Waals surface area contributed by atoms with Gasteiger partial charge in [-0.2, -0.15) is 0 Å². The zero-order valence-electron chi connectivity index (χ0n) is 21.8. The molecule has 3 rings (SSSR count). The van der Waals surface area contributed by atoms with Gasteiger partial charge >= 0.3 is 6.09 Å². The molecule has 1 heterocycles. The van der Waals surface area contributed by atoms with Crippen molar-refractivity contribution < 1.29 is 28.9 Å². The molecule has 1 saturated carbocycles. The van der Waals surface area contributed by atoms with E-state index < -0.39 is 41.3 Å². The minimum Gasteiger partial charge on any atom is -0.443 e. The van der Waals surface area contributed by atoms with Crippen LogP contribution in [0.1, 0.15) is 45.6 Å². The molecule has 2 fully saturated rings. The van der Waals surface area contributed by atoms with Gasteiger partial charge in [0, 0.05) is 12.7 Å². The molecular formula is C27H39ClNO6S+. The van der Waals surface area contributed by atoms with Gasteiger partial charge in [0.25, 0.3) is 0 Å². The van der Waals surface area contributed by atoms with E-state index in [4.69, 9.17) is 25.8 Å². The van der Waals surface area contributed by atoms with E-state index in [0.717, 1.165) is 12.2 Å². The second kappa shape index (κ2) is 12.3. The molecule has 1 aromatic rings. The molecule has 36 heavy (non-hydrogen) atoms. The lowest BCUT2D eigenvalue weighted by Crippen LogP contribution is -2.63. The predicted molar refractivity (Wildman–Crippen MR) is 143 cm³/mol. The molecule has 1 saturated heterocycles. The molecule has 0 spiro atoms. The van der Waals surface area contributed by atoms with Crippen LogP contribution < -0.4 is 5.32 Å². The number of allylic oxidation sites excluding steroid dienone is 1. The fourth-order valence-electron chi connectivity index (χ4n) is 5.49. The van der Waals surface area contributed by atoms with E-state index in [9.17, 15) is 14.7 Å². The highest BCUT2D eigenvalue weighted by atomic mass is 35.5. The van der Waals surface area contributed by atoms with Crippen molar-refractivity contribution in [1.29, 1.82) is 0 Å². The number of hydrogen-bond acceptors (Lipinski definition) is 6. The van der Waals surface area contributed by atoms with Crippen molar-refractivity contribution in [2.45, 2.75) is 75.3 Å². The van der Waals surface area contributed by atoms with Gasteiger partial charge in [-0.25, -0.2) is 4.79 Å². The Morgan fingerprint density at radius 3 is 2.61 bits per heavy atom. The standard InChI is InChI=1S/C27H38ClNO6S/c1-18(2)11-12-21-26(3,35-21)24-23(33-4)20(34-25(31)29-22(30)15-28)13-14-27(24,32)17-36(5)16-19-9-7-6-8-10-19/h6-11,20-21,23-24,32H,12-17H2,1-5H3/p+1/t20-,21-,23-,24-,26+,27+,36?/m1/s1. The first-order valence-electron chi connectivity index (χ1n) is 12.3. The first-order valence-corrected chi connectivity index (χ1v) is 14.8. The molecule has 1 aliphatic carbocycles. The third kappa shape index (κ3) is 7.04. The predicted octanol–water partition coefficient (Wildman–Crippen LogP) is 3.96. The summed E-state index contributed by atoms with van der Waals surface area (Å²) >= 11 is 5.50. The number of carbonyl (C=O) groups is 2. The third-order valence-corrected chi connectivity index (χ3v) is 9.18. The van der Waals surface area contributed by atoms with Gasteiger partial charge in [-0.3, -0.25) is 10.1 Å². The van der Waals surface area contributed by atoms with Gasteiger partial charge in [-0.05, 0) is 50.9 Å². The number of imide groups is 1. The van der Waals surface area contributed by atoms with Gasteiger partial charge in [0.15, 0.2) is 0 Å². The first-order chi connectivity index (χ1) is 17.0. The van der Waals surface area contributed by atoms with Crippen LogP contribution in [0, 0.1) is 5.92 Å². The third-order valence-electron chi connectivity index (χ3n) is 7.12. The van der Waals surface area contributed by atoms with Crippen LogP contribution in [0.2, 0.25) is 0 Å². The Kier molecular flexibility index (Phi) is 9.91. The number of ether oxygens (including phenoxy) is 3. The summed E-state index contributed by atoms with van der Waals surface area (Å²) in [5.41, 5.74) is 0.738. The number of halogens is 1. The zero-order chi connectivity index (χ0) is 26.5. The summed E-state index contributed by atoms with van der Waals surface area (Å²) in [6.45, 7) is 6.11. The number of amides is 2. The van der Waals surface area contributed by atoms with E-state index in [2.05, 4.69) is 29.8 Å². The molecule has 1 unspecified atom stereocenters.